The van der Waals surface area contributed by atoms with Crippen molar-refractivity contribution in [3.63, 3.8) is 0 Å². The molecule has 1 aromatic carbocycles. The van der Waals surface area contributed by atoms with Gasteiger partial charge in [-0.3, -0.25) is 0 Å². The van der Waals surface area contributed by atoms with Gasteiger partial charge in [0.15, 0.2) is 0 Å². The minimum atomic E-state index is -3.38. The maximum Gasteiger partial charge on any atom is 0.282 e. The van der Waals surface area contributed by atoms with Gasteiger partial charge in [0.1, 0.15) is 0 Å². The lowest BCUT2D eigenvalue weighted by molar-refractivity contribution is 0.360. The molecule has 1 saturated heterocycles. The van der Waals surface area contributed by atoms with Crippen LogP contribution in [0.1, 0.15) is 18.9 Å². The summed E-state index contributed by atoms with van der Waals surface area (Å²) in [6.07, 6.45) is 0.860. The third kappa shape index (κ3) is 4.40. The molecule has 1 aliphatic heterocycles. The van der Waals surface area contributed by atoms with Gasteiger partial charge in [0.05, 0.1) is 0 Å². The fourth-order valence-electron chi connectivity index (χ4n) is 2.51. The van der Waals surface area contributed by atoms with E-state index in [1.807, 2.05) is 37.3 Å². The van der Waals surface area contributed by atoms with E-state index in [1.165, 1.54) is 4.31 Å². The summed E-state index contributed by atoms with van der Waals surface area (Å²) in [4.78, 5) is 0. The second-order valence-corrected chi connectivity index (χ2v) is 7.10. The van der Waals surface area contributed by atoms with E-state index >= 15 is 0 Å². The fourth-order valence-corrected chi connectivity index (χ4v) is 4.21. The van der Waals surface area contributed by atoms with Crippen LogP contribution in [-0.4, -0.2) is 43.2 Å². The molecule has 0 aliphatic carbocycles. The molecular formula is C14H24ClN3O2S. The van der Waals surface area contributed by atoms with Crippen LogP contribution in [0.3, 0.4) is 0 Å². The summed E-state index contributed by atoms with van der Waals surface area (Å²) in [5.74, 6) is 0.292. The first-order valence-electron chi connectivity index (χ1n) is 7.07. The van der Waals surface area contributed by atoms with Crippen LogP contribution in [0.15, 0.2) is 30.3 Å². The Kier molecular flexibility index (Phi) is 7.09. The molecule has 1 unspecified atom stereocenters. The van der Waals surface area contributed by atoms with Gasteiger partial charge in [-0.05, 0) is 24.4 Å². The highest BCUT2D eigenvalue weighted by molar-refractivity contribution is 7.86. The quantitative estimate of drug-likeness (QED) is 0.857. The lowest BCUT2D eigenvalue weighted by Crippen LogP contribution is -2.42. The van der Waals surface area contributed by atoms with Crippen molar-refractivity contribution in [1.29, 1.82) is 0 Å². The Labute approximate surface area is 133 Å². The van der Waals surface area contributed by atoms with Gasteiger partial charge < -0.3 is 5.73 Å². The Morgan fingerprint density at radius 2 is 2.00 bits per heavy atom. The van der Waals surface area contributed by atoms with Gasteiger partial charge in [0.2, 0.25) is 0 Å². The Balaban J connectivity index is 0.00000220. The molecule has 0 spiro atoms. The first-order valence-corrected chi connectivity index (χ1v) is 8.46. The molecule has 21 heavy (non-hydrogen) atoms. The van der Waals surface area contributed by atoms with Crippen molar-refractivity contribution < 1.29 is 8.42 Å². The zero-order valence-electron chi connectivity index (χ0n) is 12.3. The summed E-state index contributed by atoms with van der Waals surface area (Å²) in [5.41, 5.74) is 6.64. The molecule has 0 radical (unpaired) electrons. The molecule has 5 nitrogen and oxygen atoms in total. The first kappa shape index (κ1) is 18.4. The summed E-state index contributed by atoms with van der Waals surface area (Å²) < 4.78 is 28.4. The molecule has 120 valence electrons. The normalized spacial score (nSPS) is 19.7. The van der Waals surface area contributed by atoms with Gasteiger partial charge in [-0.15, -0.1) is 12.4 Å². The molecule has 1 aromatic rings. The molecule has 1 heterocycles. The largest absolute Gasteiger partial charge is 0.330 e. The molecule has 1 fully saturated rings. The van der Waals surface area contributed by atoms with Gasteiger partial charge in [-0.25, -0.2) is 0 Å². The zero-order valence-corrected chi connectivity index (χ0v) is 13.9. The third-order valence-corrected chi connectivity index (χ3v) is 5.81. The SMILES string of the molecule is CCN(Cc1ccccc1)S(=O)(=O)N1CCC(CN)C1.Cl. The second-order valence-electron chi connectivity index (χ2n) is 5.17. The Hall–Kier alpha value is -0.660. The van der Waals surface area contributed by atoms with Crippen LogP contribution in [0.5, 0.6) is 0 Å². The number of hydrogen-bond acceptors (Lipinski definition) is 3. The van der Waals surface area contributed by atoms with Crippen LogP contribution >= 0.6 is 12.4 Å². The van der Waals surface area contributed by atoms with Crippen molar-refractivity contribution >= 4 is 22.6 Å². The molecular weight excluding hydrogens is 310 g/mol. The third-order valence-electron chi connectivity index (χ3n) is 3.79. The highest BCUT2D eigenvalue weighted by Crippen LogP contribution is 2.22. The van der Waals surface area contributed by atoms with Crippen LogP contribution in [0.25, 0.3) is 0 Å². The molecule has 0 amide bonds. The van der Waals surface area contributed by atoms with Crippen LogP contribution in [0, 0.1) is 5.92 Å². The Morgan fingerprint density at radius 1 is 1.33 bits per heavy atom. The van der Waals surface area contributed by atoms with Gasteiger partial charge >= 0.3 is 0 Å². The van der Waals surface area contributed by atoms with E-state index in [2.05, 4.69) is 0 Å². The summed E-state index contributed by atoms with van der Waals surface area (Å²) in [5, 5.41) is 0. The van der Waals surface area contributed by atoms with Gasteiger partial charge in [0, 0.05) is 26.2 Å². The Bertz CT molecular complexity index is 524. The van der Waals surface area contributed by atoms with Crippen LogP contribution in [0.2, 0.25) is 0 Å². The molecule has 1 aliphatic rings. The topological polar surface area (TPSA) is 66.6 Å². The second kappa shape index (κ2) is 8.10. The van der Waals surface area contributed by atoms with E-state index < -0.39 is 10.2 Å². The van der Waals surface area contributed by atoms with Crippen molar-refractivity contribution in [2.45, 2.75) is 19.9 Å². The molecule has 2 N–H and O–H groups in total. The number of halogens is 1. The van der Waals surface area contributed by atoms with E-state index in [-0.39, 0.29) is 12.4 Å². The van der Waals surface area contributed by atoms with E-state index in [9.17, 15) is 8.42 Å². The summed E-state index contributed by atoms with van der Waals surface area (Å²) in [6.45, 7) is 4.44. The minimum Gasteiger partial charge on any atom is -0.330 e. The predicted octanol–water partition coefficient (Wildman–Crippen LogP) is 1.46. The lowest BCUT2D eigenvalue weighted by atomic mass is 10.1. The standard InChI is InChI=1S/C14H23N3O2S.ClH/c1-2-16(11-13-6-4-3-5-7-13)20(18,19)17-9-8-14(10-15)12-17;/h3-7,14H,2,8-12,15H2,1H3;1H. The van der Waals surface area contributed by atoms with Gasteiger partial charge in [-0.2, -0.15) is 17.0 Å². The zero-order chi connectivity index (χ0) is 14.6. The van der Waals surface area contributed by atoms with Crippen molar-refractivity contribution in [3.8, 4) is 0 Å². The monoisotopic (exact) mass is 333 g/mol. The number of rotatable bonds is 6. The molecule has 1 atom stereocenters. The molecule has 0 saturated carbocycles. The predicted molar refractivity (Wildman–Crippen MR) is 87.4 cm³/mol. The molecule has 7 heteroatoms. The van der Waals surface area contributed by atoms with Crippen LogP contribution < -0.4 is 5.73 Å². The smallest absolute Gasteiger partial charge is 0.282 e. The van der Waals surface area contributed by atoms with E-state index in [4.69, 9.17) is 5.73 Å². The average Bonchev–Trinajstić information content (AvgIpc) is 2.95. The minimum absolute atomic E-state index is 0. The lowest BCUT2D eigenvalue weighted by Gasteiger charge is -2.26. The van der Waals surface area contributed by atoms with Crippen molar-refractivity contribution in [2.75, 3.05) is 26.2 Å². The highest BCUT2D eigenvalue weighted by atomic mass is 35.5. The maximum atomic E-state index is 12.6. The fraction of sp³-hybridized carbons (Fsp3) is 0.571. The van der Waals surface area contributed by atoms with E-state index in [0.29, 0.717) is 38.6 Å². The number of nitrogens with zero attached hydrogens (tertiary/aromatic N) is 2. The molecule has 0 bridgehead atoms. The van der Waals surface area contributed by atoms with E-state index in [0.717, 1.165) is 12.0 Å². The van der Waals surface area contributed by atoms with Crippen molar-refractivity contribution in [2.24, 2.45) is 11.7 Å². The first-order chi connectivity index (χ1) is 9.57. The maximum absolute atomic E-state index is 12.6. The van der Waals surface area contributed by atoms with Crippen molar-refractivity contribution in [1.82, 2.24) is 8.61 Å². The molecule has 0 aromatic heterocycles. The summed E-state index contributed by atoms with van der Waals surface area (Å²) >= 11 is 0. The number of hydrogen-bond donors (Lipinski definition) is 1. The van der Waals surface area contributed by atoms with Crippen molar-refractivity contribution in [3.05, 3.63) is 35.9 Å². The summed E-state index contributed by atoms with van der Waals surface area (Å²) in [6, 6.07) is 9.68. The summed E-state index contributed by atoms with van der Waals surface area (Å²) in [7, 11) is -3.38. The van der Waals surface area contributed by atoms with Crippen LogP contribution in [-0.2, 0) is 16.8 Å². The van der Waals surface area contributed by atoms with Crippen LogP contribution in [0.4, 0.5) is 0 Å². The number of nitrogens with two attached hydrogens (primary N) is 1. The van der Waals surface area contributed by atoms with Gasteiger partial charge in [-0.1, -0.05) is 37.3 Å². The molecule has 2 rings (SSSR count). The number of benzene rings is 1. The Morgan fingerprint density at radius 3 is 2.52 bits per heavy atom. The van der Waals surface area contributed by atoms with E-state index in [1.54, 1.807) is 4.31 Å². The highest BCUT2D eigenvalue weighted by Gasteiger charge is 2.34. The van der Waals surface area contributed by atoms with Gasteiger partial charge in [0.25, 0.3) is 10.2 Å². The average molecular weight is 334 g/mol.